The molecule has 164 valence electrons. The molecule has 1 aliphatic heterocycles. The quantitative estimate of drug-likeness (QED) is 0.534. The summed E-state index contributed by atoms with van der Waals surface area (Å²) < 4.78 is 5.48. The number of ether oxygens (including phenoxy) is 1. The minimum Gasteiger partial charge on any atom is -0.445 e. The fourth-order valence-electron chi connectivity index (χ4n) is 3.53. The average molecular weight is 450 g/mol. The van der Waals surface area contributed by atoms with Crippen LogP contribution in [0.15, 0.2) is 53.9 Å². The number of aromatic nitrogens is 1. The molecule has 0 spiro atoms. The number of carbonyl (C=O) groups is 3. The molecule has 1 atom stereocenters. The molecule has 2 amide bonds. The van der Waals surface area contributed by atoms with Gasteiger partial charge in [-0.15, -0.1) is 11.3 Å². The molecular formula is C24H23N3O4S. The van der Waals surface area contributed by atoms with Crippen LogP contribution in [0.3, 0.4) is 0 Å². The van der Waals surface area contributed by atoms with Crippen molar-refractivity contribution < 1.29 is 19.1 Å². The van der Waals surface area contributed by atoms with Crippen LogP contribution in [0.4, 0.5) is 10.8 Å². The summed E-state index contributed by atoms with van der Waals surface area (Å²) in [5.74, 6) is -0.941. The Morgan fingerprint density at radius 2 is 1.88 bits per heavy atom. The van der Waals surface area contributed by atoms with E-state index in [0.717, 1.165) is 23.2 Å². The number of esters is 1. The number of thiazole rings is 1. The van der Waals surface area contributed by atoms with Crippen molar-refractivity contribution in [2.75, 3.05) is 10.6 Å². The maximum absolute atomic E-state index is 12.9. The number of carbonyl (C=O) groups excluding carboxylic acids is 3. The van der Waals surface area contributed by atoms with Gasteiger partial charge < -0.3 is 10.1 Å². The first kappa shape index (κ1) is 21.7. The number of anilines is 2. The molecule has 2 aromatic carbocycles. The van der Waals surface area contributed by atoms with Gasteiger partial charge in [-0.1, -0.05) is 37.3 Å². The molecule has 0 bridgehead atoms. The van der Waals surface area contributed by atoms with Crippen molar-refractivity contribution in [3.05, 3.63) is 65.0 Å². The Morgan fingerprint density at radius 1 is 1.12 bits per heavy atom. The predicted octanol–water partition coefficient (Wildman–Crippen LogP) is 4.66. The predicted molar refractivity (Wildman–Crippen MR) is 124 cm³/mol. The molecule has 0 unspecified atom stereocenters. The molecule has 3 aromatic rings. The molecule has 0 saturated heterocycles. The second-order valence-electron chi connectivity index (χ2n) is 7.82. The van der Waals surface area contributed by atoms with Crippen LogP contribution >= 0.6 is 11.3 Å². The Labute approximate surface area is 189 Å². The van der Waals surface area contributed by atoms with Crippen LogP contribution in [0.25, 0.3) is 11.3 Å². The van der Waals surface area contributed by atoms with E-state index in [9.17, 15) is 14.4 Å². The Hall–Kier alpha value is -3.52. The van der Waals surface area contributed by atoms with Gasteiger partial charge in [-0.3, -0.25) is 14.9 Å². The van der Waals surface area contributed by atoms with Gasteiger partial charge in [0.25, 0.3) is 5.91 Å². The van der Waals surface area contributed by atoms with Crippen molar-refractivity contribution in [2.45, 2.75) is 38.7 Å². The van der Waals surface area contributed by atoms with Crippen LogP contribution in [0.2, 0.25) is 0 Å². The lowest BCUT2D eigenvalue weighted by Crippen LogP contribution is -2.48. The molecule has 2 heterocycles. The van der Waals surface area contributed by atoms with E-state index in [1.54, 1.807) is 19.1 Å². The highest BCUT2D eigenvalue weighted by Gasteiger charge is 2.42. The van der Waals surface area contributed by atoms with E-state index in [-0.39, 0.29) is 5.91 Å². The van der Waals surface area contributed by atoms with Gasteiger partial charge in [0.05, 0.1) is 11.3 Å². The summed E-state index contributed by atoms with van der Waals surface area (Å²) in [5.41, 5.74) is 2.25. The Morgan fingerprint density at radius 3 is 2.62 bits per heavy atom. The topological polar surface area (TPSA) is 97.4 Å². The van der Waals surface area contributed by atoms with Crippen molar-refractivity contribution in [3.8, 4) is 11.3 Å². The van der Waals surface area contributed by atoms with Crippen molar-refractivity contribution in [1.82, 2.24) is 4.98 Å². The number of amides is 2. The highest BCUT2D eigenvalue weighted by Crippen LogP contribution is 2.31. The molecule has 1 aromatic heterocycles. The first-order chi connectivity index (χ1) is 15.4. The Bertz CT molecular complexity index is 1170. The largest absolute Gasteiger partial charge is 0.445 e. The lowest BCUT2D eigenvalue weighted by atomic mass is 9.89. The fourth-order valence-corrected chi connectivity index (χ4v) is 4.24. The van der Waals surface area contributed by atoms with Crippen LogP contribution in [0.1, 0.15) is 42.6 Å². The van der Waals surface area contributed by atoms with E-state index in [0.29, 0.717) is 29.2 Å². The molecule has 2 N–H and O–H groups in total. The SMILES string of the molecule is CCCC(=O)Nc1ccc(-c2csc(NC(=O)[C@]3(C)Cc4ccccc4C(=O)O3)n2)cc1. The smallest absolute Gasteiger partial charge is 0.339 e. The summed E-state index contributed by atoms with van der Waals surface area (Å²) in [6.07, 6.45) is 1.57. The zero-order valence-corrected chi connectivity index (χ0v) is 18.6. The molecule has 0 aliphatic carbocycles. The van der Waals surface area contributed by atoms with Crippen molar-refractivity contribution in [1.29, 1.82) is 0 Å². The number of benzene rings is 2. The van der Waals surface area contributed by atoms with Crippen LogP contribution in [0, 0.1) is 0 Å². The van der Waals surface area contributed by atoms with Crippen LogP contribution in [-0.2, 0) is 20.7 Å². The number of hydrogen-bond acceptors (Lipinski definition) is 6. The zero-order chi connectivity index (χ0) is 22.7. The first-order valence-electron chi connectivity index (χ1n) is 10.4. The number of fused-ring (bicyclic) bond motifs is 1. The summed E-state index contributed by atoms with van der Waals surface area (Å²) in [6, 6.07) is 14.5. The highest BCUT2D eigenvalue weighted by atomic mass is 32.1. The summed E-state index contributed by atoms with van der Waals surface area (Å²) in [4.78, 5) is 41.5. The maximum atomic E-state index is 12.9. The van der Waals surface area contributed by atoms with Gasteiger partial charge in [0.2, 0.25) is 5.91 Å². The molecule has 8 heteroatoms. The second kappa shape index (κ2) is 8.92. The molecule has 4 rings (SSSR count). The molecule has 0 radical (unpaired) electrons. The van der Waals surface area contributed by atoms with Gasteiger partial charge >= 0.3 is 5.97 Å². The number of rotatable bonds is 6. The molecule has 1 aliphatic rings. The van der Waals surface area contributed by atoms with E-state index < -0.39 is 17.5 Å². The Kier molecular flexibility index (Phi) is 6.05. The standard InChI is InChI=1S/C24H23N3O4S/c1-3-6-20(28)25-17-11-9-15(10-12-17)19-14-32-23(26-19)27-22(30)24(2)13-16-7-4-5-8-18(16)21(29)31-24/h4-5,7-12,14H,3,6,13H2,1-2H3,(H,25,28)(H,26,27,30)/t24-/m0/s1. The first-order valence-corrected chi connectivity index (χ1v) is 11.2. The van der Waals surface area contributed by atoms with E-state index in [2.05, 4.69) is 15.6 Å². The number of nitrogens with zero attached hydrogens (tertiary/aromatic N) is 1. The third-order valence-corrected chi connectivity index (χ3v) is 5.99. The maximum Gasteiger partial charge on any atom is 0.339 e. The summed E-state index contributed by atoms with van der Waals surface area (Å²) in [6.45, 7) is 3.56. The third kappa shape index (κ3) is 4.55. The summed E-state index contributed by atoms with van der Waals surface area (Å²) in [5, 5.41) is 7.88. The lowest BCUT2D eigenvalue weighted by molar-refractivity contribution is -0.134. The lowest BCUT2D eigenvalue weighted by Gasteiger charge is -2.32. The summed E-state index contributed by atoms with van der Waals surface area (Å²) in [7, 11) is 0. The van der Waals surface area contributed by atoms with Gasteiger partial charge in [-0.05, 0) is 37.1 Å². The number of cyclic esters (lactones) is 1. The van der Waals surface area contributed by atoms with Crippen LogP contribution in [-0.4, -0.2) is 28.4 Å². The number of hydrogen-bond donors (Lipinski definition) is 2. The highest BCUT2D eigenvalue weighted by molar-refractivity contribution is 7.14. The van der Waals surface area contributed by atoms with Crippen LogP contribution in [0.5, 0.6) is 0 Å². The summed E-state index contributed by atoms with van der Waals surface area (Å²) >= 11 is 1.29. The second-order valence-corrected chi connectivity index (χ2v) is 8.68. The molecule has 32 heavy (non-hydrogen) atoms. The van der Waals surface area contributed by atoms with E-state index in [4.69, 9.17) is 4.74 Å². The number of nitrogens with one attached hydrogen (secondary N) is 2. The molecule has 7 nitrogen and oxygen atoms in total. The van der Waals surface area contributed by atoms with E-state index in [1.165, 1.54) is 11.3 Å². The van der Waals surface area contributed by atoms with E-state index in [1.807, 2.05) is 48.7 Å². The molecular weight excluding hydrogens is 426 g/mol. The van der Waals surface area contributed by atoms with Gasteiger partial charge in [0.1, 0.15) is 0 Å². The normalized spacial score (nSPS) is 17.2. The monoisotopic (exact) mass is 449 g/mol. The van der Waals surface area contributed by atoms with Crippen molar-refractivity contribution in [2.24, 2.45) is 0 Å². The van der Waals surface area contributed by atoms with Gasteiger partial charge in [0.15, 0.2) is 10.7 Å². The van der Waals surface area contributed by atoms with Crippen LogP contribution < -0.4 is 10.6 Å². The van der Waals surface area contributed by atoms with E-state index >= 15 is 0 Å². The zero-order valence-electron chi connectivity index (χ0n) is 17.8. The van der Waals surface area contributed by atoms with Crippen molar-refractivity contribution >= 4 is 39.9 Å². The third-order valence-electron chi connectivity index (χ3n) is 5.23. The van der Waals surface area contributed by atoms with Crippen molar-refractivity contribution in [3.63, 3.8) is 0 Å². The molecule has 0 saturated carbocycles. The average Bonchev–Trinajstić information content (AvgIpc) is 3.23. The van der Waals surface area contributed by atoms with Gasteiger partial charge in [-0.25, -0.2) is 9.78 Å². The fraction of sp³-hybridized carbons (Fsp3) is 0.250. The Balaban J connectivity index is 1.44. The molecule has 0 fully saturated rings. The minimum atomic E-state index is -1.31. The van der Waals surface area contributed by atoms with Gasteiger partial charge in [0, 0.05) is 29.5 Å². The minimum absolute atomic E-state index is 0.0153. The van der Waals surface area contributed by atoms with Gasteiger partial charge in [-0.2, -0.15) is 0 Å².